The number of hydrogen-bond acceptors (Lipinski definition) is 3. The Morgan fingerprint density at radius 1 is 1.12 bits per heavy atom. The van der Waals surface area contributed by atoms with Crippen LogP contribution in [0.4, 0.5) is 5.69 Å². The number of nitrogens with one attached hydrogen (secondary N) is 1. The minimum absolute atomic E-state index is 0.0325. The first kappa shape index (κ1) is 16.7. The van der Waals surface area contributed by atoms with Crippen molar-refractivity contribution in [2.24, 2.45) is 11.7 Å². The number of amides is 3. The van der Waals surface area contributed by atoms with Crippen LogP contribution in [0.3, 0.4) is 0 Å². The second-order valence-corrected chi connectivity index (χ2v) is 6.10. The number of carbonyl (C=O) groups excluding carboxylic acids is 3. The van der Waals surface area contributed by atoms with Crippen LogP contribution in [0.25, 0.3) is 0 Å². The van der Waals surface area contributed by atoms with Crippen molar-refractivity contribution in [3.63, 3.8) is 0 Å². The number of anilines is 1. The third kappa shape index (κ3) is 4.03. The van der Waals surface area contributed by atoms with Gasteiger partial charge >= 0.3 is 0 Å². The number of benzene rings is 2. The highest BCUT2D eigenvalue weighted by atomic mass is 16.2. The van der Waals surface area contributed by atoms with E-state index in [-0.39, 0.29) is 18.2 Å². The van der Waals surface area contributed by atoms with E-state index in [0.717, 1.165) is 5.56 Å². The molecule has 2 aromatic carbocycles. The highest BCUT2D eigenvalue weighted by Crippen LogP contribution is 2.22. The van der Waals surface area contributed by atoms with Gasteiger partial charge in [-0.25, -0.2) is 0 Å². The summed E-state index contributed by atoms with van der Waals surface area (Å²) < 4.78 is 0. The summed E-state index contributed by atoms with van der Waals surface area (Å²) in [6, 6.07) is 16.1. The molecule has 3 amide bonds. The summed E-state index contributed by atoms with van der Waals surface area (Å²) in [5.74, 6) is -1.23. The van der Waals surface area contributed by atoms with Crippen molar-refractivity contribution in [1.29, 1.82) is 0 Å². The summed E-state index contributed by atoms with van der Waals surface area (Å²) in [4.78, 5) is 37.5. The molecule has 1 aliphatic heterocycles. The molecule has 6 heteroatoms. The molecular weight excluding hydrogens is 318 g/mol. The van der Waals surface area contributed by atoms with Gasteiger partial charge in [-0.1, -0.05) is 36.4 Å². The van der Waals surface area contributed by atoms with E-state index in [9.17, 15) is 14.4 Å². The van der Waals surface area contributed by atoms with Gasteiger partial charge in [-0.3, -0.25) is 14.4 Å². The molecule has 1 aliphatic rings. The van der Waals surface area contributed by atoms with Gasteiger partial charge in [0.25, 0.3) is 0 Å². The van der Waals surface area contributed by atoms with E-state index in [1.807, 2.05) is 30.3 Å². The van der Waals surface area contributed by atoms with Crippen LogP contribution in [-0.4, -0.2) is 29.2 Å². The van der Waals surface area contributed by atoms with Crippen LogP contribution in [0.2, 0.25) is 0 Å². The smallest absolute Gasteiger partial charge is 0.248 e. The van der Waals surface area contributed by atoms with Crippen molar-refractivity contribution < 1.29 is 14.4 Å². The molecule has 0 unspecified atom stereocenters. The molecule has 2 aromatic rings. The average molecular weight is 337 g/mol. The molecule has 0 bridgehead atoms. The van der Waals surface area contributed by atoms with Gasteiger partial charge in [-0.15, -0.1) is 0 Å². The standard InChI is InChI=1S/C19H19N3O3/c20-18(24)14-7-4-8-16(9-14)21-19(25)15-10-17(23)22(12-15)11-13-5-2-1-3-6-13/h1-9,15H,10-12H2,(H2,20,24)(H,21,25)/t15-/m1/s1. The van der Waals surface area contributed by atoms with Gasteiger partial charge in [-0.05, 0) is 23.8 Å². The number of likely N-dealkylation sites (tertiary alicyclic amines) is 1. The third-order valence-corrected chi connectivity index (χ3v) is 4.22. The molecule has 0 radical (unpaired) electrons. The lowest BCUT2D eigenvalue weighted by atomic mass is 10.1. The monoisotopic (exact) mass is 337 g/mol. The van der Waals surface area contributed by atoms with Gasteiger partial charge in [0.1, 0.15) is 0 Å². The molecule has 0 aliphatic carbocycles. The van der Waals surface area contributed by atoms with Crippen LogP contribution in [0.1, 0.15) is 22.3 Å². The van der Waals surface area contributed by atoms with Gasteiger partial charge in [0, 0.05) is 30.8 Å². The molecule has 1 heterocycles. The molecule has 3 rings (SSSR count). The second kappa shape index (κ2) is 7.17. The molecule has 1 saturated heterocycles. The number of primary amides is 1. The molecule has 6 nitrogen and oxygen atoms in total. The van der Waals surface area contributed by atoms with Crippen molar-refractivity contribution in [2.75, 3.05) is 11.9 Å². The fourth-order valence-electron chi connectivity index (χ4n) is 2.90. The maximum atomic E-state index is 12.4. The van der Waals surface area contributed by atoms with E-state index in [2.05, 4.69) is 5.32 Å². The van der Waals surface area contributed by atoms with Crippen LogP contribution in [0.15, 0.2) is 54.6 Å². The molecule has 25 heavy (non-hydrogen) atoms. The number of nitrogens with zero attached hydrogens (tertiary/aromatic N) is 1. The van der Waals surface area contributed by atoms with Crippen LogP contribution < -0.4 is 11.1 Å². The molecule has 1 atom stereocenters. The first-order valence-corrected chi connectivity index (χ1v) is 8.05. The number of rotatable bonds is 5. The van der Waals surface area contributed by atoms with Crippen LogP contribution in [0, 0.1) is 5.92 Å². The van der Waals surface area contributed by atoms with E-state index in [1.165, 1.54) is 6.07 Å². The number of nitrogens with two attached hydrogens (primary N) is 1. The highest BCUT2D eigenvalue weighted by molar-refractivity contribution is 5.99. The lowest BCUT2D eigenvalue weighted by Gasteiger charge is -2.16. The summed E-state index contributed by atoms with van der Waals surface area (Å²) in [6.07, 6.45) is 0.189. The Bertz CT molecular complexity index is 805. The zero-order valence-electron chi connectivity index (χ0n) is 13.6. The number of carbonyl (C=O) groups is 3. The minimum atomic E-state index is -0.554. The largest absolute Gasteiger partial charge is 0.366 e. The Morgan fingerprint density at radius 2 is 1.88 bits per heavy atom. The zero-order valence-corrected chi connectivity index (χ0v) is 13.6. The second-order valence-electron chi connectivity index (χ2n) is 6.10. The van der Waals surface area contributed by atoms with E-state index in [0.29, 0.717) is 24.3 Å². The van der Waals surface area contributed by atoms with Crippen molar-refractivity contribution in [3.05, 3.63) is 65.7 Å². The lowest BCUT2D eigenvalue weighted by molar-refractivity contribution is -0.128. The summed E-state index contributed by atoms with van der Waals surface area (Å²) in [5.41, 5.74) is 7.10. The topological polar surface area (TPSA) is 92.5 Å². The maximum absolute atomic E-state index is 12.4. The Kier molecular flexibility index (Phi) is 4.79. The molecule has 128 valence electrons. The summed E-state index contributed by atoms with van der Waals surface area (Å²) in [7, 11) is 0. The Balaban J connectivity index is 1.63. The third-order valence-electron chi connectivity index (χ3n) is 4.22. The Morgan fingerprint density at radius 3 is 2.60 bits per heavy atom. The first-order valence-electron chi connectivity index (χ1n) is 8.05. The fraction of sp³-hybridized carbons (Fsp3) is 0.211. The predicted octanol–water partition coefficient (Wildman–Crippen LogP) is 1.77. The van der Waals surface area contributed by atoms with E-state index in [1.54, 1.807) is 23.1 Å². The fourth-order valence-corrected chi connectivity index (χ4v) is 2.90. The SMILES string of the molecule is NC(=O)c1cccc(NC(=O)[C@@H]2CC(=O)N(Cc3ccccc3)C2)c1. The van der Waals surface area contributed by atoms with Gasteiger partial charge in [0.2, 0.25) is 17.7 Å². The summed E-state index contributed by atoms with van der Waals surface area (Å²) in [5, 5.41) is 2.76. The maximum Gasteiger partial charge on any atom is 0.248 e. The van der Waals surface area contributed by atoms with E-state index >= 15 is 0 Å². The first-order chi connectivity index (χ1) is 12.0. The van der Waals surface area contributed by atoms with Crippen molar-refractivity contribution in [1.82, 2.24) is 4.90 Å². The Labute approximate surface area is 145 Å². The molecule has 1 fully saturated rings. The van der Waals surface area contributed by atoms with Crippen molar-refractivity contribution >= 4 is 23.4 Å². The highest BCUT2D eigenvalue weighted by Gasteiger charge is 2.34. The van der Waals surface area contributed by atoms with Crippen LogP contribution >= 0.6 is 0 Å². The van der Waals surface area contributed by atoms with E-state index < -0.39 is 11.8 Å². The normalized spacial score (nSPS) is 16.7. The van der Waals surface area contributed by atoms with Gasteiger partial charge < -0.3 is 16.0 Å². The average Bonchev–Trinajstić information content (AvgIpc) is 2.97. The van der Waals surface area contributed by atoms with Crippen LogP contribution in [-0.2, 0) is 16.1 Å². The molecule has 0 spiro atoms. The summed E-state index contributed by atoms with van der Waals surface area (Å²) in [6.45, 7) is 0.885. The molecule has 3 N–H and O–H groups in total. The lowest BCUT2D eigenvalue weighted by Crippen LogP contribution is -2.28. The predicted molar refractivity (Wildman–Crippen MR) is 93.6 cm³/mol. The molecular formula is C19H19N3O3. The zero-order chi connectivity index (χ0) is 17.8. The van der Waals surface area contributed by atoms with Gasteiger partial charge in [0.15, 0.2) is 0 Å². The van der Waals surface area contributed by atoms with Crippen LogP contribution in [0.5, 0.6) is 0 Å². The van der Waals surface area contributed by atoms with Crippen molar-refractivity contribution in [2.45, 2.75) is 13.0 Å². The summed E-state index contributed by atoms with van der Waals surface area (Å²) >= 11 is 0. The molecule has 0 aromatic heterocycles. The van der Waals surface area contributed by atoms with Crippen molar-refractivity contribution in [3.8, 4) is 0 Å². The minimum Gasteiger partial charge on any atom is -0.366 e. The number of hydrogen-bond donors (Lipinski definition) is 2. The van der Waals surface area contributed by atoms with Gasteiger partial charge in [-0.2, -0.15) is 0 Å². The molecule has 0 saturated carbocycles. The quantitative estimate of drug-likeness (QED) is 0.871. The Hall–Kier alpha value is -3.15. The van der Waals surface area contributed by atoms with Gasteiger partial charge in [0.05, 0.1) is 5.92 Å². The van der Waals surface area contributed by atoms with E-state index in [4.69, 9.17) is 5.73 Å².